The topological polar surface area (TPSA) is 63.4 Å². The van der Waals surface area contributed by atoms with Gasteiger partial charge in [-0.3, -0.25) is 0 Å². The zero-order chi connectivity index (χ0) is 15.3. The van der Waals surface area contributed by atoms with E-state index in [2.05, 4.69) is 25.7 Å². The number of hydrogen-bond donors (Lipinski definition) is 1. The minimum Gasteiger partial charge on any atom is -0.326 e. The molecule has 0 amide bonds. The summed E-state index contributed by atoms with van der Waals surface area (Å²) in [4.78, 5) is 2.46. The van der Waals surface area contributed by atoms with Gasteiger partial charge in [-0.1, -0.05) is 26.0 Å². The maximum Gasteiger partial charge on any atom is 0.179 e. The van der Waals surface area contributed by atoms with Gasteiger partial charge in [0.15, 0.2) is 9.84 Å². The van der Waals surface area contributed by atoms with E-state index in [-0.39, 0.29) is 5.75 Å². The number of sulfone groups is 1. The quantitative estimate of drug-likeness (QED) is 0.835. The van der Waals surface area contributed by atoms with Crippen molar-refractivity contribution in [2.45, 2.75) is 38.3 Å². The molecule has 0 aliphatic rings. The van der Waals surface area contributed by atoms with E-state index in [1.165, 1.54) is 0 Å². The Balaban J connectivity index is 2.75. The molecule has 114 valence electrons. The summed E-state index contributed by atoms with van der Waals surface area (Å²) in [5.41, 5.74) is 6.40. The van der Waals surface area contributed by atoms with Gasteiger partial charge in [-0.05, 0) is 37.6 Å². The first-order valence-electron chi connectivity index (χ1n) is 7.00. The van der Waals surface area contributed by atoms with Crippen molar-refractivity contribution in [2.24, 2.45) is 11.7 Å². The first kappa shape index (κ1) is 17.1. The first-order valence-corrected chi connectivity index (χ1v) is 8.65. The molecule has 0 aromatic heterocycles. The molecule has 1 aromatic rings. The second-order valence-electron chi connectivity index (χ2n) is 5.64. The van der Waals surface area contributed by atoms with Gasteiger partial charge in [0.2, 0.25) is 0 Å². The molecule has 5 heteroatoms. The molecule has 0 saturated heterocycles. The predicted octanol–water partition coefficient (Wildman–Crippen LogP) is 1.90. The van der Waals surface area contributed by atoms with Gasteiger partial charge < -0.3 is 10.6 Å². The van der Waals surface area contributed by atoms with Crippen LogP contribution in [0.2, 0.25) is 0 Å². The van der Waals surface area contributed by atoms with E-state index in [1.807, 2.05) is 13.1 Å². The zero-order valence-corrected chi connectivity index (χ0v) is 13.7. The van der Waals surface area contributed by atoms with Gasteiger partial charge in [-0.2, -0.15) is 0 Å². The molecule has 1 aromatic carbocycles. The van der Waals surface area contributed by atoms with Crippen molar-refractivity contribution in [3.05, 3.63) is 29.8 Å². The van der Waals surface area contributed by atoms with Crippen LogP contribution >= 0.6 is 0 Å². The summed E-state index contributed by atoms with van der Waals surface area (Å²) >= 11 is 0. The summed E-state index contributed by atoms with van der Waals surface area (Å²) in [6.45, 7) is 7.29. The second kappa shape index (κ2) is 7.20. The van der Waals surface area contributed by atoms with Gasteiger partial charge in [0.05, 0.1) is 10.6 Å². The molecule has 0 spiro atoms. The Hall–Kier alpha value is -0.910. The Labute approximate surface area is 122 Å². The maximum absolute atomic E-state index is 12.3. The standard InChI is InChI=1S/C15H26N2O2S/c1-12(2)13(3)17(4)8-9-20(18,19)15-7-5-6-14(10-15)11-16/h5-7,10,12-13H,8-9,11,16H2,1-4H3. The van der Waals surface area contributed by atoms with E-state index >= 15 is 0 Å². The highest BCUT2D eigenvalue weighted by Gasteiger charge is 2.19. The first-order chi connectivity index (χ1) is 9.27. The predicted molar refractivity (Wildman–Crippen MR) is 83.3 cm³/mol. The lowest BCUT2D eigenvalue weighted by atomic mass is 10.1. The van der Waals surface area contributed by atoms with Crippen LogP contribution in [0.3, 0.4) is 0 Å². The van der Waals surface area contributed by atoms with Gasteiger partial charge in [0.1, 0.15) is 0 Å². The molecule has 0 heterocycles. The lowest BCUT2D eigenvalue weighted by Gasteiger charge is -2.27. The number of nitrogens with zero attached hydrogens (tertiary/aromatic N) is 1. The van der Waals surface area contributed by atoms with Crippen molar-refractivity contribution in [1.82, 2.24) is 4.90 Å². The minimum atomic E-state index is -3.24. The Morgan fingerprint density at radius 3 is 2.45 bits per heavy atom. The molecule has 1 rings (SSSR count). The van der Waals surface area contributed by atoms with E-state index in [0.29, 0.717) is 29.9 Å². The van der Waals surface area contributed by atoms with Crippen LogP contribution in [0.1, 0.15) is 26.3 Å². The SMILES string of the molecule is CC(C)C(C)N(C)CCS(=O)(=O)c1cccc(CN)c1. The summed E-state index contributed by atoms with van der Waals surface area (Å²) in [6.07, 6.45) is 0. The fraction of sp³-hybridized carbons (Fsp3) is 0.600. The molecule has 0 aliphatic carbocycles. The second-order valence-corrected chi connectivity index (χ2v) is 7.74. The Morgan fingerprint density at radius 1 is 1.25 bits per heavy atom. The van der Waals surface area contributed by atoms with Crippen LogP contribution in [0.15, 0.2) is 29.2 Å². The van der Waals surface area contributed by atoms with Crippen LogP contribution in [0.25, 0.3) is 0 Å². The lowest BCUT2D eigenvalue weighted by Crippen LogP contribution is -2.36. The number of nitrogens with two attached hydrogens (primary N) is 1. The molecule has 1 unspecified atom stereocenters. The summed E-state index contributed by atoms with van der Waals surface area (Å²) in [6, 6.07) is 7.25. The van der Waals surface area contributed by atoms with Gasteiger partial charge in [0.25, 0.3) is 0 Å². The van der Waals surface area contributed by atoms with Gasteiger partial charge in [-0.15, -0.1) is 0 Å². The monoisotopic (exact) mass is 298 g/mol. The molecule has 0 fully saturated rings. The molecule has 0 saturated carbocycles. The van der Waals surface area contributed by atoms with Crippen LogP contribution in [-0.4, -0.2) is 38.7 Å². The Kier molecular flexibility index (Phi) is 6.17. The van der Waals surface area contributed by atoms with Crippen LogP contribution in [0.4, 0.5) is 0 Å². The van der Waals surface area contributed by atoms with Crippen molar-refractivity contribution in [3.8, 4) is 0 Å². The van der Waals surface area contributed by atoms with E-state index < -0.39 is 9.84 Å². The average molecular weight is 298 g/mol. The van der Waals surface area contributed by atoms with Crippen LogP contribution in [0.5, 0.6) is 0 Å². The summed E-state index contributed by atoms with van der Waals surface area (Å²) in [7, 11) is -1.28. The molecular formula is C15H26N2O2S. The molecule has 0 aliphatic heterocycles. The molecule has 0 bridgehead atoms. The van der Waals surface area contributed by atoms with Crippen LogP contribution in [0, 0.1) is 5.92 Å². The smallest absolute Gasteiger partial charge is 0.179 e. The number of benzene rings is 1. The third-order valence-electron chi connectivity index (χ3n) is 3.87. The van der Waals surface area contributed by atoms with E-state index in [4.69, 9.17) is 5.73 Å². The number of rotatable bonds is 7. The van der Waals surface area contributed by atoms with Gasteiger partial charge in [-0.25, -0.2) is 8.42 Å². The van der Waals surface area contributed by atoms with Crippen molar-refractivity contribution in [2.75, 3.05) is 19.3 Å². The van der Waals surface area contributed by atoms with Crippen LogP contribution in [-0.2, 0) is 16.4 Å². The largest absolute Gasteiger partial charge is 0.326 e. The zero-order valence-electron chi connectivity index (χ0n) is 12.8. The highest BCUT2D eigenvalue weighted by molar-refractivity contribution is 7.91. The summed E-state index contributed by atoms with van der Waals surface area (Å²) < 4.78 is 24.7. The molecule has 2 N–H and O–H groups in total. The average Bonchev–Trinajstić information content (AvgIpc) is 2.43. The molecule has 20 heavy (non-hydrogen) atoms. The van der Waals surface area contributed by atoms with Crippen molar-refractivity contribution in [1.29, 1.82) is 0 Å². The van der Waals surface area contributed by atoms with Crippen molar-refractivity contribution >= 4 is 9.84 Å². The highest BCUT2D eigenvalue weighted by Crippen LogP contribution is 2.14. The molecule has 0 radical (unpaired) electrons. The minimum absolute atomic E-state index is 0.134. The fourth-order valence-electron chi connectivity index (χ4n) is 1.96. The number of hydrogen-bond acceptors (Lipinski definition) is 4. The van der Waals surface area contributed by atoms with Gasteiger partial charge >= 0.3 is 0 Å². The lowest BCUT2D eigenvalue weighted by molar-refractivity contribution is 0.219. The normalized spacial score (nSPS) is 13.9. The third kappa shape index (κ3) is 4.58. The summed E-state index contributed by atoms with van der Waals surface area (Å²) in [5, 5.41) is 0. The van der Waals surface area contributed by atoms with E-state index in [1.54, 1.807) is 18.2 Å². The van der Waals surface area contributed by atoms with E-state index in [0.717, 1.165) is 5.56 Å². The van der Waals surface area contributed by atoms with Crippen molar-refractivity contribution < 1.29 is 8.42 Å². The molecular weight excluding hydrogens is 272 g/mol. The van der Waals surface area contributed by atoms with Crippen molar-refractivity contribution in [3.63, 3.8) is 0 Å². The van der Waals surface area contributed by atoms with Gasteiger partial charge in [0, 0.05) is 19.1 Å². The third-order valence-corrected chi connectivity index (χ3v) is 5.56. The highest BCUT2D eigenvalue weighted by atomic mass is 32.2. The Morgan fingerprint density at radius 2 is 1.90 bits per heavy atom. The fourth-order valence-corrected chi connectivity index (χ4v) is 3.34. The van der Waals surface area contributed by atoms with E-state index in [9.17, 15) is 8.42 Å². The maximum atomic E-state index is 12.3. The van der Waals surface area contributed by atoms with Crippen LogP contribution < -0.4 is 5.73 Å². The molecule has 4 nitrogen and oxygen atoms in total. The Bertz CT molecular complexity index is 526. The summed E-state index contributed by atoms with van der Waals surface area (Å²) in [5.74, 6) is 0.637. The molecule has 1 atom stereocenters.